The van der Waals surface area contributed by atoms with Crippen LogP contribution in [0.2, 0.25) is 5.02 Å². The van der Waals surface area contributed by atoms with Crippen LogP contribution in [0.3, 0.4) is 0 Å². The first-order valence-corrected chi connectivity index (χ1v) is 8.76. The van der Waals surface area contributed by atoms with Gasteiger partial charge in [-0.05, 0) is 49.2 Å². The molecule has 0 radical (unpaired) electrons. The van der Waals surface area contributed by atoms with E-state index in [0.717, 1.165) is 12.8 Å². The predicted octanol–water partition coefficient (Wildman–Crippen LogP) is 4.36. The van der Waals surface area contributed by atoms with Crippen molar-refractivity contribution in [3.05, 3.63) is 53.4 Å². The van der Waals surface area contributed by atoms with Crippen LogP contribution in [-0.2, 0) is 16.1 Å². The van der Waals surface area contributed by atoms with E-state index in [1.54, 1.807) is 47.6 Å². The average molecular weight is 362 g/mol. The first-order chi connectivity index (χ1) is 12.1. The number of carbonyl (C=O) groups is 2. The van der Waals surface area contributed by atoms with Crippen molar-refractivity contribution in [2.75, 3.05) is 4.90 Å². The molecule has 0 saturated heterocycles. The van der Waals surface area contributed by atoms with E-state index in [-0.39, 0.29) is 12.5 Å². The molecule has 1 fully saturated rings. The zero-order valence-corrected chi connectivity index (χ0v) is 14.5. The van der Waals surface area contributed by atoms with E-state index in [0.29, 0.717) is 29.3 Å². The van der Waals surface area contributed by atoms with Crippen LogP contribution in [0.25, 0.3) is 0 Å². The van der Waals surface area contributed by atoms with Gasteiger partial charge in [-0.2, -0.15) is 0 Å². The Labute approximate surface area is 151 Å². The van der Waals surface area contributed by atoms with Crippen molar-refractivity contribution in [1.82, 2.24) is 0 Å². The van der Waals surface area contributed by atoms with Gasteiger partial charge in [-0.25, -0.2) is 0 Å². The Bertz CT molecular complexity index is 726. The van der Waals surface area contributed by atoms with Crippen molar-refractivity contribution >= 4 is 29.2 Å². The van der Waals surface area contributed by atoms with Gasteiger partial charge in [0.25, 0.3) is 0 Å². The Balaban J connectivity index is 1.90. The van der Waals surface area contributed by atoms with Gasteiger partial charge in [0.2, 0.25) is 5.91 Å². The molecule has 1 aliphatic carbocycles. The van der Waals surface area contributed by atoms with Gasteiger partial charge in [-0.3, -0.25) is 9.59 Å². The first-order valence-electron chi connectivity index (χ1n) is 8.38. The molecule has 2 unspecified atom stereocenters. The number of carboxylic acids is 1. The van der Waals surface area contributed by atoms with E-state index in [4.69, 9.17) is 16.0 Å². The lowest BCUT2D eigenvalue weighted by molar-refractivity contribution is -0.148. The maximum Gasteiger partial charge on any atom is 0.307 e. The molecule has 5 nitrogen and oxygen atoms in total. The number of anilines is 1. The molecule has 1 aromatic heterocycles. The second-order valence-corrected chi connectivity index (χ2v) is 6.75. The number of hydrogen-bond acceptors (Lipinski definition) is 3. The molecule has 1 saturated carbocycles. The van der Waals surface area contributed by atoms with Crippen LogP contribution in [-0.4, -0.2) is 17.0 Å². The molecule has 1 aromatic carbocycles. The van der Waals surface area contributed by atoms with Crippen molar-refractivity contribution in [2.45, 2.75) is 32.2 Å². The van der Waals surface area contributed by atoms with E-state index in [2.05, 4.69) is 0 Å². The third-order valence-corrected chi connectivity index (χ3v) is 4.95. The van der Waals surface area contributed by atoms with Crippen LogP contribution >= 0.6 is 11.6 Å². The highest BCUT2D eigenvalue weighted by Gasteiger charge is 2.38. The lowest BCUT2D eigenvalue weighted by Gasteiger charge is -2.32. The standard InChI is InChI=1S/C19H20ClNO4/c20-13-7-9-14(10-8-13)21(12-15-4-3-11-25-15)18(22)16-5-1-2-6-17(16)19(23)24/h3-4,7-11,16-17H,1-2,5-6,12H2,(H,23,24). The number of furan rings is 1. The number of hydrogen-bond donors (Lipinski definition) is 1. The van der Waals surface area contributed by atoms with E-state index in [1.165, 1.54) is 0 Å². The zero-order chi connectivity index (χ0) is 17.8. The number of halogens is 1. The highest BCUT2D eigenvalue weighted by molar-refractivity contribution is 6.30. The topological polar surface area (TPSA) is 70.8 Å². The summed E-state index contributed by atoms with van der Waals surface area (Å²) in [5.74, 6) is -1.58. The third-order valence-electron chi connectivity index (χ3n) is 4.70. The van der Waals surface area contributed by atoms with Crippen molar-refractivity contribution in [3.8, 4) is 0 Å². The van der Waals surface area contributed by atoms with E-state index in [1.807, 2.05) is 0 Å². The lowest BCUT2D eigenvalue weighted by Crippen LogP contribution is -2.42. The molecule has 132 valence electrons. The lowest BCUT2D eigenvalue weighted by atomic mass is 9.78. The molecule has 0 spiro atoms. The second-order valence-electron chi connectivity index (χ2n) is 6.32. The molecule has 2 aromatic rings. The summed E-state index contributed by atoms with van der Waals surface area (Å²) < 4.78 is 5.38. The van der Waals surface area contributed by atoms with Crippen molar-refractivity contribution < 1.29 is 19.1 Å². The van der Waals surface area contributed by atoms with Crippen LogP contribution in [0.1, 0.15) is 31.4 Å². The van der Waals surface area contributed by atoms with Gasteiger partial charge in [0.1, 0.15) is 5.76 Å². The quantitative estimate of drug-likeness (QED) is 0.859. The summed E-state index contributed by atoms with van der Waals surface area (Å²) in [5, 5.41) is 10.1. The normalized spacial score (nSPS) is 20.2. The molecule has 1 heterocycles. The van der Waals surface area contributed by atoms with Crippen LogP contribution in [0.15, 0.2) is 47.1 Å². The molecule has 1 N–H and O–H groups in total. The minimum atomic E-state index is -0.896. The number of rotatable bonds is 5. The Hall–Kier alpha value is -2.27. The number of nitrogens with zero attached hydrogens (tertiary/aromatic N) is 1. The summed E-state index contributed by atoms with van der Waals surface area (Å²) in [7, 11) is 0. The van der Waals surface area contributed by atoms with E-state index in [9.17, 15) is 14.7 Å². The zero-order valence-electron chi connectivity index (χ0n) is 13.7. The largest absolute Gasteiger partial charge is 0.481 e. The molecular weight excluding hydrogens is 342 g/mol. The molecule has 2 atom stereocenters. The molecular formula is C19H20ClNO4. The predicted molar refractivity (Wildman–Crippen MR) is 94.4 cm³/mol. The first kappa shape index (κ1) is 17.5. The van der Waals surface area contributed by atoms with E-state index >= 15 is 0 Å². The minimum Gasteiger partial charge on any atom is -0.481 e. The average Bonchev–Trinajstić information content (AvgIpc) is 3.13. The Kier molecular flexibility index (Phi) is 5.43. The Morgan fingerprint density at radius 3 is 2.40 bits per heavy atom. The summed E-state index contributed by atoms with van der Waals surface area (Å²) in [6.45, 7) is 0.260. The van der Waals surface area contributed by atoms with Crippen LogP contribution < -0.4 is 4.90 Å². The summed E-state index contributed by atoms with van der Waals surface area (Å²) in [5.41, 5.74) is 0.681. The van der Waals surface area contributed by atoms with Gasteiger partial charge in [0.05, 0.1) is 24.6 Å². The molecule has 1 amide bonds. The maximum atomic E-state index is 13.2. The molecule has 0 bridgehead atoms. The van der Waals surface area contributed by atoms with Crippen molar-refractivity contribution in [3.63, 3.8) is 0 Å². The Morgan fingerprint density at radius 1 is 1.12 bits per heavy atom. The second kappa shape index (κ2) is 7.74. The number of aliphatic carboxylic acids is 1. The SMILES string of the molecule is O=C(O)C1CCCCC1C(=O)N(Cc1ccco1)c1ccc(Cl)cc1. The number of amides is 1. The summed E-state index contributed by atoms with van der Waals surface area (Å²) in [6.07, 6.45) is 4.41. The highest BCUT2D eigenvalue weighted by atomic mass is 35.5. The summed E-state index contributed by atoms with van der Waals surface area (Å²) in [4.78, 5) is 26.4. The molecule has 6 heteroatoms. The van der Waals surface area contributed by atoms with Crippen LogP contribution in [0.4, 0.5) is 5.69 Å². The van der Waals surface area contributed by atoms with Gasteiger partial charge in [0, 0.05) is 10.7 Å². The van der Waals surface area contributed by atoms with Crippen molar-refractivity contribution in [1.29, 1.82) is 0 Å². The fourth-order valence-electron chi connectivity index (χ4n) is 3.40. The Morgan fingerprint density at radius 2 is 1.80 bits per heavy atom. The molecule has 25 heavy (non-hydrogen) atoms. The van der Waals surface area contributed by atoms with Gasteiger partial charge < -0.3 is 14.4 Å². The monoisotopic (exact) mass is 361 g/mol. The van der Waals surface area contributed by atoms with Crippen molar-refractivity contribution in [2.24, 2.45) is 11.8 Å². The third kappa shape index (κ3) is 4.04. The number of carbonyl (C=O) groups excluding carboxylic acids is 1. The number of benzene rings is 1. The van der Waals surface area contributed by atoms with Crippen LogP contribution in [0.5, 0.6) is 0 Å². The van der Waals surface area contributed by atoms with Crippen LogP contribution in [0, 0.1) is 11.8 Å². The summed E-state index contributed by atoms with van der Waals surface area (Å²) >= 11 is 5.95. The van der Waals surface area contributed by atoms with Gasteiger partial charge in [0.15, 0.2) is 0 Å². The van der Waals surface area contributed by atoms with Gasteiger partial charge in [-0.15, -0.1) is 0 Å². The van der Waals surface area contributed by atoms with Gasteiger partial charge >= 0.3 is 5.97 Å². The number of carboxylic acid groups (broad SMARTS) is 1. The molecule has 1 aliphatic rings. The van der Waals surface area contributed by atoms with E-state index < -0.39 is 17.8 Å². The fourth-order valence-corrected chi connectivity index (χ4v) is 3.52. The fraction of sp³-hybridized carbons (Fsp3) is 0.368. The minimum absolute atomic E-state index is 0.175. The highest BCUT2D eigenvalue weighted by Crippen LogP contribution is 2.34. The molecule has 0 aliphatic heterocycles. The molecule has 3 rings (SSSR count). The summed E-state index contributed by atoms with van der Waals surface area (Å²) in [6, 6.07) is 10.5. The maximum absolute atomic E-state index is 13.2. The van der Waals surface area contributed by atoms with Gasteiger partial charge in [-0.1, -0.05) is 24.4 Å². The smallest absolute Gasteiger partial charge is 0.307 e.